The Morgan fingerprint density at radius 3 is 2.81 bits per heavy atom. The Hall–Kier alpha value is -1.10. The smallest absolute Gasteiger partial charge is 0.240 e. The predicted molar refractivity (Wildman–Crippen MR) is 86.3 cm³/mol. The van der Waals surface area contributed by atoms with E-state index in [0.717, 1.165) is 18.5 Å². The number of piperazine rings is 1. The van der Waals surface area contributed by atoms with E-state index < -0.39 is 5.54 Å². The van der Waals surface area contributed by atoms with Crippen LogP contribution in [0.25, 0.3) is 0 Å². The molecule has 1 aromatic carbocycles. The summed E-state index contributed by atoms with van der Waals surface area (Å²) in [6.45, 7) is 7.39. The van der Waals surface area contributed by atoms with Gasteiger partial charge in [0.15, 0.2) is 0 Å². The van der Waals surface area contributed by atoms with E-state index in [4.69, 9.17) is 17.3 Å². The van der Waals surface area contributed by atoms with Crippen LogP contribution in [0.3, 0.4) is 0 Å². The third-order valence-corrected chi connectivity index (χ3v) is 4.55. The highest BCUT2D eigenvalue weighted by molar-refractivity contribution is 6.30. The molecule has 2 atom stereocenters. The average Bonchev–Trinajstić information content (AvgIpc) is 2.44. The summed E-state index contributed by atoms with van der Waals surface area (Å²) in [4.78, 5) is 14.4. The molecule has 116 valence electrons. The van der Waals surface area contributed by atoms with Crippen molar-refractivity contribution in [2.75, 3.05) is 13.1 Å². The van der Waals surface area contributed by atoms with Gasteiger partial charge in [-0.25, -0.2) is 0 Å². The van der Waals surface area contributed by atoms with Crippen LogP contribution in [0.2, 0.25) is 5.02 Å². The van der Waals surface area contributed by atoms with Crippen molar-refractivity contribution in [1.82, 2.24) is 10.2 Å². The van der Waals surface area contributed by atoms with E-state index in [1.54, 1.807) is 0 Å². The van der Waals surface area contributed by atoms with E-state index in [1.165, 1.54) is 0 Å². The molecule has 2 unspecified atom stereocenters. The quantitative estimate of drug-likeness (QED) is 0.897. The number of halogens is 1. The van der Waals surface area contributed by atoms with E-state index >= 15 is 0 Å². The second kappa shape index (κ2) is 6.34. The number of nitrogens with one attached hydrogen (secondary N) is 1. The zero-order chi connectivity index (χ0) is 15.6. The molecule has 1 aliphatic rings. The lowest BCUT2D eigenvalue weighted by molar-refractivity contribution is -0.137. The van der Waals surface area contributed by atoms with Crippen LogP contribution in [-0.2, 0) is 4.79 Å². The topological polar surface area (TPSA) is 58.4 Å². The van der Waals surface area contributed by atoms with Crippen molar-refractivity contribution < 1.29 is 4.79 Å². The van der Waals surface area contributed by atoms with Gasteiger partial charge in [0.1, 0.15) is 0 Å². The average molecular weight is 310 g/mol. The summed E-state index contributed by atoms with van der Waals surface area (Å²) in [6.07, 6.45) is 0.839. The zero-order valence-electron chi connectivity index (χ0n) is 12.9. The minimum absolute atomic E-state index is 0.0187. The first-order valence-corrected chi connectivity index (χ1v) is 7.81. The molecule has 3 N–H and O–H groups in total. The van der Waals surface area contributed by atoms with Crippen LogP contribution in [0, 0.1) is 0 Å². The third kappa shape index (κ3) is 3.23. The molecule has 1 heterocycles. The van der Waals surface area contributed by atoms with Gasteiger partial charge in [0.2, 0.25) is 5.91 Å². The van der Waals surface area contributed by atoms with Crippen LogP contribution < -0.4 is 11.1 Å². The van der Waals surface area contributed by atoms with Crippen molar-refractivity contribution in [3.05, 3.63) is 34.9 Å². The van der Waals surface area contributed by atoms with Crippen LogP contribution in [-0.4, -0.2) is 35.5 Å². The first kappa shape index (κ1) is 16.3. The summed E-state index contributed by atoms with van der Waals surface area (Å²) in [6, 6.07) is 7.71. The molecule has 1 fully saturated rings. The minimum atomic E-state index is -0.585. The van der Waals surface area contributed by atoms with Gasteiger partial charge in [-0.1, -0.05) is 30.7 Å². The lowest BCUT2D eigenvalue weighted by Gasteiger charge is -2.47. The van der Waals surface area contributed by atoms with E-state index in [2.05, 4.69) is 17.1 Å². The number of rotatable bonds is 4. The van der Waals surface area contributed by atoms with Gasteiger partial charge in [0.25, 0.3) is 0 Å². The number of amides is 1. The van der Waals surface area contributed by atoms with Crippen molar-refractivity contribution in [3.8, 4) is 0 Å². The van der Waals surface area contributed by atoms with Crippen LogP contribution >= 0.6 is 11.6 Å². The molecule has 0 spiro atoms. The van der Waals surface area contributed by atoms with Crippen LogP contribution in [0.1, 0.15) is 38.8 Å². The first-order valence-electron chi connectivity index (χ1n) is 7.44. The molecule has 1 aliphatic heterocycles. The van der Waals surface area contributed by atoms with Crippen molar-refractivity contribution in [2.45, 2.75) is 44.8 Å². The first-order chi connectivity index (χ1) is 9.87. The van der Waals surface area contributed by atoms with Crippen molar-refractivity contribution in [3.63, 3.8) is 0 Å². The predicted octanol–water partition coefficient (Wildman–Crippen LogP) is 2.33. The van der Waals surface area contributed by atoms with Gasteiger partial charge in [0.05, 0.1) is 11.6 Å². The van der Waals surface area contributed by atoms with Crippen LogP contribution in [0.5, 0.6) is 0 Å². The van der Waals surface area contributed by atoms with Crippen LogP contribution in [0.15, 0.2) is 24.3 Å². The molecule has 0 bridgehead atoms. The van der Waals surface area contributed by atoms with Gasteiger partial charge in [-0.15, -0.1) is 0 Å². The number of carbonyl (C=O) groups excluding carboxylic acids is 1. The molecule has 21 heavy (non-hydrogen) atoms. The number of hydrogen-bond donors (Lipinski definition) is 2. The lowest BCUT2D eigenvalue weighted by Crippen LogP contribution is -2.64. The van der Waals surface area contributed by atoms with Crippen molar-refractivity contribution in [2.24, 2.45) is 5.73 Å². The molecule has 4 nitrogen and oxygen atoms in total. The lowest BCUT2D eigenvalue weighted by atomic mass is 9.89. The molecule has 2 rings (SSSR count). The fraction of sp³-hybridized carbons (Fsp3) is 0.562. The van der Waals surface area contributed by atoms with Gasteiger partial charge in [-0.05, 0) is 38.0 Å². The van der Waals surface area contributed by atoms with E-state index in [1.807, 2.05) is 38.1 Å². The fourth-order valence-electron chi connectivity index (χ4n) is 2.98. The summed E-state index contributed by atoms with van der Waals surface area (Å²) in [7, 11) is 0. The second-order valence-corrected chi connectivity index (χ2v) is 6.52. The van der Waals surface area contributed by atoms with Gasteiger partial charge < -0.3 is 11.1 Å². The number of nitrogens with two attached hydrogens (primary N) is 1. The SMILES string of the molecule is CCC(N)C(c1cccc(Cl)c1)N1CCNC(=O)C1(C)C. The second-order valence-electron chi connectivity index (χ2n) is 6.08. The van der Waals surface area contributed by atoms with Crippen molar-refractivity contribution in [1.29, 1.82) is 0 Å². The molecule has 0 radical (unpaired) electrons. The summed E-state index contributed by atoms with van der Waals surface area (Å²) < 4.78 is 0. The molecule has 1 aromatic rings. The highest BCUT2D eigenvalue weighted by Gasteiger charge is 2.43. The van der Waals surface area contributed by atoms with E-state index in [9.17, 15) is 4.79 Å². The maximum Gasteiger partial charge on any atom is 0.240 e. The normalized spacial score (nSPS) is 21.7. The third-order valence-electron chi connectivity index (χ3n) is 4.31. The monoisotopic (exact) mass is 309 g/mol. The van der Waals surface area contributed by atoms with Gasteiger partial charge in [-0.2, -0.15) is 0 Å². The van der Waals surface area contributed by atoms with Gasteiger partial charge >= 0.3 is 0 Å². The van der Waals surface area contributed by atoms with E-state index in [0.29, 0.717) is 11.6 Å². The Kier molecular flexibility index (Phi) is 4.91. The van der Waals surface area contributed by atoms with Gasteiger partial charge in [0, 0.05) is 24.2 Å². The molecular weight excluding hydrogens is 286 g/mol. The molecule has 5 heteroatoms. The minimum Gasteiger partial charge on any atom is -0.353 e. The molecule has 0 saturated carbocycles. The number of carbonyl (C=O) groups is 1. The zero-order valence-corrected chi connectivity index (χ0v) is 13.7. The Labute approximate surface area is 131 Å². The number of hydrogen-bond acceptors (Lipinski definition) is 3. The summed E-state index contributed by atoms with van der Waals surface area (Å²) in [5.41, 5.74) is 6.86. The van der Waals surface area contributed by atoms with Crippen molar-refractivity contribution >= 4 is 17.5 Å². The molecular formula is C16H24ClN3O. The number of benzene rings is 1. The molecule has 0 aromatic heterocycles. The summed E-state index contributed by atoms with van der Waals surface area (Å²) in [5.74, 6) is 0.0454. The summed E-state index contributed by atoms with van der Waals surface area (Å²) >= 11 is 6.14. The Morgan fingerprint density at radius 2 is 2.19 bits per heavy atom. The Morgan fingerprint density at radius 1 is 1.48 bits per heavy atom. The molecule has 1 amide bonds. The van der Waals surface area contributed by atoms with E-state index in [-0.39, 0.29) is 18.0 Å². The Balaban J connectivity index is 2.43. The molecule has 1 saturated heterocycles. The van der Waals surface area contributed by atoms with Crippen LogP contribution in [0.4, 0.5) is 0 Å². The number of nitrogens with zero attached hydrogens (tertiary/aromatic N) is 1. The maximum atomic E-state index is 12.2. The highest BCUT2D eigenvalue weighted by Crippen LogP contribution is 2.33. The maximum absolute atomic E-state index is 12.2. The molecule has 0 aliphatic carbocycles. The highest BCUT2D eigenvalue weighted by atomic mass is 35.5. The summed E-state index contributed by atoms with van der Waals surface area (Å²) in [5, 5.41) is 3.62. The fourth-order valence-corrected chi connectivity index (χ4v) is 3.17. The Bertz CT molecular complexity index is 518. The largest absolute Gasteiger partial charge is 0.353 e. The van der Waals surface area contributed by atoms with Gasteiger partial charge in [-0.3, -0.25) is 9.69 Å². The standard InChI is InChI=1S/C16H24ClN3O/c1-4-13(18)14(11-6-5-7-12(17)10-11)20-9-8-19-15(21)16(20,2)3/h5-7,10,13-14H,4,8-9,18H2,1-3H3,(H,19,21).